The highest BCUT2D eigenvalue weighted by Gasteiger charge is 2.31. The number of amides is 2. The number of carbonyl (C=O) groups is 2. The molecule has 0 saturated carbocycles. The lowest BCUT2D eigenvalue weighted by Crippen LogP contribution is -2.52. The van der Waals surface area contributed by atoms with Gasteiger partial charge in [0.15, 0.2) is 0 Å². The third-order valence-electron chi connectivity index (χ3n) is 3.04. The molecular weight excluding hydrogens is 282 g/mol. The van der Waals surface area contributed by atoms with Crippen LogP contribution in [0.1, 0.15) is 18.4 Å². The third-order valence-corrected chi connectivity index (χ3v) is 4.65. The number of hydrogen-bond donors (Lipinski definition) is 3. The van der Waals surface area contributed by atoms with Gasteiger partial charge in [0.25, 0.3) is 0 Å². The van der Waals surface area contributed by atoms with Crippen LogP contribution >= 0.6 is 0 Å². The molecule has 1 aliphatic heterocycles. The van der Waals surface area contributed by atoms with Gasteiger partial charge < -0.3 is 5.73 Å². The average Bonchev–Trinajstić information content (AvgIpc) is 2.35. The number of nitrogens with one attached hydrogen (secondary N) is 2. The Morgan fingerprint density at radius 2 is 2.05 bits per heavy atom. The van der Waals surface area contributed by atoms with E-state index in [4.69, 9.17) is 5.73 Å². The molecule has 8 heteroatoms. The first kappa shape index (κ1) is 14.5. The van der Waals surface area contributed by atoms with Gasteiger partial charge in [0.1, 0.15) is 6.04 Å². The van der Waals surface area contributed by atoms with Crippen LogP contribution in [0.5, 0.6) is 0 Å². The molecule has 0 spiro atoms. The van der Waals surface area contributed by atoms with E-state index in [1.807, 2.05) is 0 Å². The maximum Gasteiger partial charge on any atom is 0.244 e. The molecule has 2 amide bonds. The second kappa shape index (κ2) is 5.22. The summed E-state index contributed by atoms with van der Waals surface area (Å²) in [7, 11) is -3.87. The fourth-order valence-corrected chi connectivity index (χ4v) is 3.47. The first-order chi connectivity index (χ1) is 9.29. The van der Waals surface area contributed by atoms with Crippen LogP contribution in [0.15, 0.2) is 23.1 Å². The molecule has 0 bridgehead atoms. The highest BCUT2D eigenvalue weighted by atomic mass is 32.2. The Morgan fingerprint density at radius 3 is 2.70 bits per heavy atom. The molecule has 1 saturated heterocycles. The number of benzene rings is 1. The molecule has 20 heavy (non-hydrogen) atoms. The second-order valence-electron chi connectivity index (χ2n) is 4.65. The van der Waals surface area contributed by atoms with E-state index in [1.54, 1.807) is 19.1 Å². The minimum atomic E-state index is -3.87. The number of carbonyl (C=O) groups excluding carboxylic acids is 2. The number of rotatable bonds is 3. The zero-order chi connectivity index (χ0) is 14.9. The Balaban J connectivity index is 2.25. The molecule has 1 aromatic rings. The number of aryl methyl sites for hydroxylation is 1. The van der Waals surface area contributed by atoms with Crippen molar-refractivity contribution in [2.24, 2.45) is 0 Å². The summed E-state index contributed by atoms with van der Waals surface area (Å²) < 4.78 is 26.8. The topological polar surface area (TPSA) is 118 Å². The van der Waals surface area contributed by atoms with Gasteiger partial charge in [-0.1, -0.05) is 6.07 Å². The van der Waals surface area contributed by atoms with Gasteiger partial charge >= 0.3 is 0 Å². The van der Waals surface area contributed by atoms with Crippen LogP contribution < -0.4 is 15.8 Å². The molecule has 1 aliphatic rings. The first-order valence-corrected chi connectivity index (χ1v) is 7.50. The predicted molar refractivity (Wildman–Crippen MR) is 72.1 cm³/mol. The van der Waals surface area contributed by atoms with Gasteiger partial charge in [-0.2, -0.15) is 4.72 Å². The predicted octanol–water partition coefficient (Wildman–Crippen LogP) is -0.339. The lowest BCUT2D eigenvalue weighted by Gasteiger charge is -2.22. The first-order valence-electron chi connectivity index (χ1n) is 6.02. The number of sulfonamides is 1. The van der Waals surface area contributed by atoms with Crippen molar-refractivity contribution in [3.05, 3.63) is 23.8 Å². The van der Waals surface area contributed by atoms with E-state index < -0.39 is 27.9 Å². The van der Waals surface area contributed by atoms with Crippen molar-refractivity contribution < 1.29 is 18.0 Å². The molecule has 0 aliphatic carbocycles. The zero-order valence-electron chi connectivity index (χ0n) is 10.8. The number of imide groups is 1. The maximum absolute atomic E-state index is 12.3. The lowest BCUT2D eigenvalue weighted by atomic mass is 10.1. The molecule has 0 aromatic heterocycles. The van der Waals surface area contributed by atoms with E-state index >= 15 is 0 Å². The maximum atomic E-state index is 12.3. The summed E-state index contributed by atoms with van der Waals surface area (Å²) >= 11 is 0. The second-order valence-corrected chi connectivity index (χ2v) is 6.33. The average molecular weight is 297 g/mol. The molecule has 0 radical (unpaired) electrons. The number of piperidine rings is 1. The van der Waals surface area contributed by atoms with E-state index in [1.165, 1.54) is 6.07 Å². The molecule has 1 fully saturated rings. The fraction of sp³-hybridized carbons (Fsp3) is 0.333. The number of hydrogen-bond acceptors (Lipinski definition) is 5. The number of nitrogen functional groups attached to an aromatic ring is 1. The molecule has 2 rings (SSSR count). The van der Waals surface area contributed by atoms with Crippen molar-refractivity contribution in [2.75, 3.05) is 5.73 Å². The Kier molecular flexibility index (Phi) is 3.78. The SMILES string of the molecule is Cc1ccc(N)cc1S(=O)(=O)NC1CCC(=O)NC1=O. The molecule has 1 atom stereocenters. The lowest BCUT2D eigenvalue weighted by molar-refractivity contribution is -0.134. The van der Waals surface area contributed by atoms with Gasteiger partial charge in [-0.15, -0.1) is 0 Å². The zero-order valence-corrected chi connectivity index (χ0v) is 11.7. The quantitative estimate of drug-likeness (QED) is 0.521. The summed E-state index contributed by atoms with van der Waals surface area (Å²) in [4.78, 5) is 22.6. The van der Waals surface area contributed by atoms with E-state index in [-0.39, 0.29) is 17.7 Å². The summed E-state index contributed by atoms with van der Waals surface area (Å²) in [6.07, 6.45) is 0.250. The standard InChI is InChI=1S/C12H15N3O4S/c1-7-2-3-8(13)6-10(7)20(18,19)15-9-4-5-11(16)14-12(9)17/h2-3,6,9,15H,4-5,13H2,1H3,(H,14,16,17). The third kappa shape index (κ3) is 2.97. The summed E-state index contributed by atoms with van der Waals surface area (Å²) in [6.45, 7) is 1.64. The molecule has 4 N–H and O–H groups in total. The van der Waals surface area contributed by atoms with Gasteiger partial charge in [0.2, 0.25) is 21.8 Å². The minimum Gasteiger partial charge on any atom is -0.399 e. The van der Waals surface area contributed by atoms with Crippen molar-refractivity contribution in [1.82, 2.24) is 10.0 Å². The van der Waals surface area contributed by atoms with Crippen molar-refractivity contribution in [2.45, 2.75) is 30.7 Å². The molecule has 1 unspecified atom stereocenters. The molecule has 108 valence electrons. The summed E-state index contributed by atoms with van der Waals surface area (Å²) in [5.74, 6) is -1.03. The van der Waals surface area contributed by atoms with Crippen LogP contribution in [0.4, 0.5) is 5.69 Å². The van der Waals surface area contributed by atoms with Crippen molar-refractivity contribution in [3.8, 4) is 0 Å². The van der Waals surface area contributed by atoms with Gasteiger partial charge in [-0.25, -0.2) is 8.42 Å². The Morgan fingerprint density at radius 1 is 1.35 bits per heavy atom. The largest absolute Gasteiger partial charge is 0.399 e. The minimum absolute atomic E-state index is 0.0298. The van der Waals surface area contributed by atoms with Gasteiger partial charge in [-0.05, 0) is 31.0 Å². The highest BCUT2D eigenvalue weighted by Crippen LogP contribution is 2.19. The van der Waals surface area contributed by atoms with Crippen LogP contribution in [0.2, 0.25) is 0 Å². The molecule has 1 heterocycles. The van der Waals surface area contributed by atoms with Gasteiger partial charge in [-0.3, -0.25) is 14.9 Å². The van der Waals surface area contributed by atoms with E-state index in [2.05, 4.69) is 10.0 Å². The van der Waals surface area contributed by atoms with E-state index in [0.29, 0.717) is 11.3 Å². The molecular formula is C12H15N3O4S. The molecule has 1 aromatic carbocycles. The van der Waals surface area contributed by atoms with Crippen molar-refractivity contribution in [1.29, 1.82) is 0 Å². The van der Waals surface area contributed by atoms with Crippen molar-refractivity contribution in [3.63, 3.8) is 0 Å². The van der Waals surface area contributed by atoms with Crippen LogP contribution in [0.3, 0.4) is 0 Å². The van der Waals surface area contributed by atoms with Gasteiger partial charge in [0, 0.05) is 12.1 Å². The Hall–Kier alpha value is -1.93. The van der Waals surface area contributed by atoms with Crippen LogP contribution in [-0.4, -0.2) is 26.3 Å². The van der Waals surface area contributed by atoms with E-state index in [0.717, 1.165) is 0 Å². The van der Waals surface area contributed by atoms with Crippen LogP contribution in [-0.2, 0) is 19.6 Å². The summed E-state index contributed by atoms with van der Waals surface area (Å²) in [5.41, 5.74) is 6.43. The number of anilines is 1. The Bertz CT molecular complexity index is 669. The van der Waals surface area contributed by atoms with E-state index in [9.17, 15) is 18.0 Å². The summed E-state index contributed by atoms with van der Waals surface area (Å²) in [5, 5.41) is 2.10. The Labute approximate surface area is 116 Å². The van der Waals surface area contributed by atoms with Crippen LogP contribution in [0.25, 0.3) is 0 Å². The van der Waals surface area contributed by atoms with Crippen molar-refractivity contribution >= 4 is 27.5 Å². The normalized spacial score (nSPS) is 19.8. The highest BCUT2D eigenvalue weighted by molar-refractivity contribution is 7.89. The van der Waals surface area contributed by atoms with Gasteiger partial charge in [0.05, 0.1) is 4.90 Å². The van der Waals surface area contributed by atoms with Crippen LogP contribution in [0, 0.1) is 6.92 Å². The monoisotopic (exact) mass is 297 g/mol. The molecule has 7 nitrogen and oxygen atoms in total. The summed E-state index contributed by atoms with van der Waals surface area (Å²) in [6, 6.07) is 3.58. The smallest absolute Gasteiger partial charge is 0.244 e. The number of nitrogens with two attached hydrogens (primary N) is 1. The fourth-order valence-electron chi connectivity index (χ4n) is 1.96.